The van der Waals surface area contributed by atoms with Gasteiger partial charge in [0, 0.05) is 33.5 Å². The van der Waals surface area contributed by atoms with E-state index in [2.05, 4.69) is 216 Å². The molecule has 0 aliphatic heterocycles. The number of fused-ring (bicyclic) bond motifs is 5. The lowest BCUT2D eigenvalue weighted by molar-refractivity contribution is 1.19. The van der Waals surface area contributed by atoms with Crippen molar-refractivity contribution in [2.24, 2.45) is 0 Å². The first kappa shape index (κ1) is 30.0. The quantitative estimate of drug-likeness (QED) is 0.172. The molecule has 0 amide bonds. The van der Waals surface area contributed by atoms with Crippen molar-refractivity contribution in [3.63, 3.8) is 0 Å². The van der Waals surface area contributed by atoms with E-state index >= 15 is 0 Å². The summed E-state index contributed by atoms with van der Waals surface area (Å²) in [5, 5.41) is 7.43. The molecule has 0 radical (unpaired) electrons. The van der Waals surface area contributed by atoms with E-state index in [1.807, 2.05) is 0 Å². The molecule has 244 valence electrons. The van der Waals surface area contributed by atoms with Crippen molar-refractivity contribution in [2.75, 3.05) is 4.90 Å². The summed E-state index contributed by atoms with van der Waals surface area (Å²) >= 11 is 0. The van der Waals surface area contributed by atoms with Crippen LogP contribution in [0, 0.1) is 0 Å². The summed E-state index contributed by atoms with van der Waals surface area (Å²) in [6.45, 7) is 0. The second-order valence-corrected chi connectivity index (χ2v) is 13.4. The topological polar surface area (TPSA) is 8.17 Å². The van der Waals surface area contributed by atoms with Crippen molar-refractivity contribution < 1.29 is 0 Å². The highest BCUT2D eigenvalue weighted by molar-refractivity contribution is 6.13. The Morgan fingerprint density at radius 1 is 0.288 bits per heavy atom. The molecule has 0 saturated heterocycles. The van der Waals surface area contributed by atoms with Gasteiger partial charge in [-0.1, -0.05) is 140 Å². The molecule has 2 nitrogen and oxygen atoms in total. The van der Waals surface area contributed by atoms with Gasteiger partial charge in [-0.15, -0.1) is 0 Å². The van der Waals surface area contributed by atoms with Crippen LogP contribution in [0.1, 0.15) is 0 Å². The van der Waals surface area contributed by atoms with Gasteiger partial charge in [0.05, 0.1) is 11.0 Å². The molecule has 2 heteroatoms. The van der Waals surface area contributed by atoms with Crippen LogP contribution in [0.5, 0.6) is 0 Å². The number of rotatable bonds is 6. The smallest absolute Gasteiger partial charge is 0.0547 e. The minimum Gasteiger partial charge on any atom is -0.310 e. The molecule has 0 fully saturated rings. The first-order valence-electron chi connectivity index (χ1n) is 17.8. The number of benzene rings is 9. The molecule has 1 heterocycles. The maximum atomic E-state index is 2.42. The molecule has 9 aromatic carbocycles. The fourth-order valence-electron chi connectivity index (χ4n) is 7.75. The molecule has 0 aliphatic rings. The van der Waals surface area contributed by atoms with Crippen LogP contribution in [0.15, 0.2) is 206 Å². The standard InChI is InChI=1S/C50H34N2/c1-3-11-35(12-4-1)37-19-25-43(26-20-37)51(44-27-21-38(22-28-44)36-13-5-2-6-14-36)45-29-23-39-24-30-46(32-42(39)31-45)52-49-18-10-9-17-47(49)48-33-40-15-7-8-16-41(40)34-50(48)52/h1-34H. The Morgan fingerprint density at radius 2 is 0.808 bits per heavy atom. The normalized spacial score (nSPS) is 11.5. The van der Waals surface area contributed by atoms with E-state index < -0.39 is 0 Å². The van der Waals surface area contributed by atoms with Gasteiger partial charge in [-0.05, 0) is 111 Å². The third-order valence-electron chi connectivity index (χ3n) is 10.3. The van der Waals surface area contributed by atoms with Gasteiger partial charge in [-0.2, -0.15) is 0 Å². The van der Waals surface area contributed by atoms with Crippen LogP contribution in [0.25, 0.3) is 71.3 Å². The summed E-state index contributed by atoms with van der Waals surface area (Å²) in [5.41, 5.74) is 11.7. The molecule has 1 aromatic heterocycles. The zero-order valence-electron chi connectivity index (χ0n) is 28.5. The van der Waals surface area contributed by atoms with Gasteiger partial charge in [-0.3, -0.25) is 0 Å². The Kier molecular flexibility index (Phi) is 7.18. The SMILES string of the molecule is c1ccc(-c2ccc(N(c3ccc(-c4ccccc4)cc3)c3ccc4ccc(-n5c6ccccc6c6cc7ccccc7cc65)cc4c3)cc2)cc1. The average Bonchev–Trinajstić information content (AvgIpc) is 3.54. The lowest BCUT2D eigenvalue weighted by atomic mass is 10.0. The monoisotopic (exact) mass is 662 g/mol. The molecule has 0 bridgehead atoms. The van der Waals surface area contributed by atoms with Gasteiger partial charge < -0.3 is 9.47 Å². The fourth-order valence-corrected chi connectivity index (χ4v) is 7.75. The minimum atomic E-state index is 1.11. The summed E-state index contributed by atoms with van der Waals surface area (Å²) in [5.74, 6) is 0. The number of anilines is 3. The van der Waals surface area contributed by atoms with E-state index in [9.17, 15) is 0 Å². The van der Waals surface area contributed by atoms with Crippen molar-refractivity contribution in [1.29, 1.82) is 0 Å². The Bertz CT molecular complexity index is 2790. The Hall–Kier alpha value is -6.90. The molecular formula is C50H34N2. The van der Waals surface area contributed by atoms with Gasteiger partial charge >= 0.3 is 0 Å². The average molecular weight is 663 g/mol. The largest absolute Gasteiger partial charge is 0.310 e. The van der Waals surface area contributed by atoms with Gasteiger partial charge in [0.25, 0.3) is 0 Å². The number of aromatic nitrogens is 1. The molecular weight excluding hydrogens is 629 g/mol. The first-order valence-corrected chi connectivity index (χ1v) is 17.8. The van der Waals surface area contributed by atoms with Crippen molar-refractivity contribution in [2.45, 2.75) is 0 Å². The summed E-state index contributed by atoms with van der Waals surface area (Å²) < 4.78 is 2.42. The molecule has 0 N–H and O–H groups in total. The van der Waals surface area contributed by atoms with Crippen LogP contribution in [0.4, 0.5) is 17.1 Å². The minimum absolute atomic E-state index is 1.11. The summed E-state index contributed by atoms with van der Waals surface area (Å²) in [6, 6.07) is 74.7. The maximum Gasteiger partial charge on any atom is 0.0547 e. The number of nitrogens with zero attached hydrogens (tertiary/aromatic N) is 2. The van der Waals surface area contributed by atoms with Gasteiger partial charge in [0.1, 0.15) is 0 Å². The van der Waals surface area contributed by atoms with Crippen LogP contribution in [-0.4, -0.2) is 4.57 Å². The van der Waals surface area contributed by atoms with E-state index in [1.165, 1.54) is 65.6 Å². The predicted octanol–water partition coefficient (Wildman–Crippen LogP) is 13.9. The van der Waals surface area contributed by atoms with Gasteiger partial charge in [0.2, 0.25) is 0 Å². The Morgan fingerprint density at radius 3 is 1.46 bits per heavy atom. The highest BCUT2D eigenvalue weighted by Crippen LogP contribution is 2.40. The molecule has 0 saturated carbocycles. The molecule has 0 aliphatic carbocycles. The van der Waals surface area contributed by atoms with Crippen molar-refractivity contribution in [3.8, 4) is 27.9 Å². The molecule has 0 unspecified atom stereocenters. The van der Waals surface area contributed by atoms with Crippen LogP contribution in [0.3, 0.4) is 0 Å². The fraction of sp³-hybridized carbons (Fsp3) is 0. The highest BCUT2D eigenvalue weighted by Gasteiger charge is 2.16. The van der Waals surface area contributed by atoms with E-state index in [-0.39, 0.29) is 0 Å². The van der Waals surface area contributed by atoms with Gasteiger partial charge in [0.15, 0.2) is 0 Å². The molecule has 10 aromatic rings. The zero-order chi connectivity index (χ0) is 34.4. The van der Waals surface area contributed by atoms with Gasteiger partial charge in [-0.25, -0.2) is 0 Å². The summed E-state index contributed by atoms with van der Waals surface area (Å²) in [7, 11) is 0. The van der Waals surface area contributed by atoms with E-state index in [0.29, 0.717) is 0 Å². The highest BCUT2D eigenvalue weighted by atomic mass is 15.1. The number of para-hydroxylation sites is 1. The number of hydrogen-bond donors (Lipinski definition) is 0. The Balaban J connectivity index is 1.12. The lowest BCUT2D eigenvalue weighted by Gasteiger charge is -2.26. The maximum absolute atomic E-state index is 2.42. The molecule has 10 rings (SSSR count). The van der Waals surface area contributed by atoms with Crippen molar-refractivity contribution in [1.82, 2.24) is 4.57 Å². The summed E-state index contributed by atoms with van der Waals surface area (Å²) in [4.78, 5) is 2.36. The summed E-state index contributed by atoms with van der Waals surface area (Å²) in [6.07, 6.45) is 0. The second kappa shape index (κ2) is 12.5. The van der Waals surface area contributed by atoms with Crippen LogP contribution < -0.4 is 4.90 Å². The van der Waals surface area contributed by atoms with E-state index in [0.717, 1.165) is 22.7 Å². The third kappa shape index (κ3) is 5.21. The van der Waals surface area contributed by atoms with Crippen LogP contribution in [0.2, 0.25) is 0 Å². The van der Waals surface area contributed by atoms with Crippen molar-refractivity contribution >= 4 is 60.4 Å². The van der Waals surface area contributed by atoms with E-state index in [1.54, 1.807) is 0 Å². The lowest BCUT2D eigenvalue weighted by Crippen LogP contribution is -2.10. The number of hydrogen-bond acceptors (Lipinski definition) is 1. The Labute approximate surface area is 303 Å². The van der Waals surface area contributed by atoms with Crippen LogP contribution >= 0.6 is 0 Å². The first-order chi connectivity index (χ1) is 25.8. The van der Waals surface area contributed by atoms with E-state index in [4.69, 9.17) is 0 Å². The van der Waals surface area contributed by atoms with Crippen LogP contribution in [-0.2, 0) is 0 Å². The zero-order valence-corrected chi connectivity index (χ0v) is 28.5. The molecule has 0 spiro atoms. The third-order valence-corrected chi connectivity index (χ3v) is 10.3. The second-order valence-electron chi connectivity index (χ2n) is 13.4. The van der Waals surface area contributed by atoms with Crippen molar-refractivity contribution in [3.05, 3.63) is 206 Å². The molecule has 0 atom stereocenters. The molecule has 52 heavy (non-hydrogen) atoms. The predicted molar refractivity (Wildman–Crippen MR) is 221 cm³/mol.